The Bertz CT molecular complexity index is 1100. The second kappa shape index (κ2) is 11.3. The lowest BCUT2D eigenvalue weighted by Crippen LogP contribution is -2.54. The van der Waals surface area contributed by atoms with E-state index in [9.17, 15) is 18.0 Å². The summed E-state index contributed by atoms with van der Waals surface area (Å²) in [7, 11) is -4.04. The summed E-state index contributed by atoms with van der Waals surface area (Å²) in [5, 5.41) is 5.37. The molecule has 0 saturated carbocycles. The number of rotatable bonds is 9. The highest BCUT2D eigenvalue weighted by atomic mass is 32.2. The Balaban J connectivity index is 1.65. The van der Waals surface area contributed by atoms with Gasteiger partial charge in [0.2, 0.25) is 21.8 Å². The fraction of sp³-hybridized carbons (Fsp3) is 0.417. The Morgan fingerprint density at radius 2 is 1.62 bits per heavy atom. The second-order valence-electron chi connectivity index (χ2n) is 8.44. The van der Waals surface area contributed by atoms with Crippen LogP contribution in [0.25, 0.3) is 0 Å². The summed E-state index contributed by atoms with van der Waals surface area (Å²) in [6, 6.07) is 11.8. The standard InChI is InChI=1S/C24H31N3O6S/c1-16(2)22(24(29)26-17(3)23(28)25-15-18-8-5-4-6-9-18)27-34(30,31)19-10-11-20-21(14-19)33-13-7-12-32-20/h4-6,8-11,14,16-17,22,27H,7,12-13,15H2,1-3H3,(H,25,28)(H,26,29). The monoisotopic (exact) mass is 489 g/mol. The number of fused-ring (bicyclic) bond motifs is 1. The molecule has 1 aliphatic heterocycles. The van der Waals surface area contributed by atoms with E-state index in [0.29, 0.717) is 37.7 Å². The SMILES string of the molecule is CC(NC(=O)C(NS(=O)(=O)c1ccc2c(c1)OCCCO2)C(C)C)C(=O)NCc1ccccc1. The third-order valence-electron chi connectivity index (χ3n) is 5.32. The first kappa shape index (κ1) is 25.5. The minimum atomic E-state index is -4.04. The zero-order valence-corrected chi connectivity index (χ0v) is 20.4. The number of nitrogens with one attached hydrogen (secondary N) is 3. The van der Waals surface area contributed by atoms with E-state index < -0.39 is 28.0 Å². The molecule has 2 atom stereocenters. The number of amides is 2. The molecule has 10 heteroatoms. The van der Waals surface area contributed by atoms with Crippen LogP contribution in [0.1, 0.15) is 32.8 Å². The van der Waals surface area contributed by atoms with Crippen LogP contribution in [0.2, 0.25) is 0 Å². The number of sulfonamides is 1. The van der Waals surface area contributed by atoms with E-state index in [2.05, 4.69) is 15.4 Å². The van der Waals surface area contributed by atoms with Crippen molar-refractivity contribution in [1.29, 1.82) is 0 Å². The van der Waals surface area contributed by atoms with E-state index >= 15 is 0 Å². The van der Waals surface area contributed by atoms with Gasteiger partial charge in [0.05, 0.1) is 18.1 Å². The number of carbonyl (C=O) groups is 2. The Hall–Kier alpha value is -3.11. The molecule has 0 bridgehead atoms. The van der Waals surface area contributed by atoms with Gasteiger partial charge in [-0.3, -0.25) is 9.59 Å². The molecule has 2 aromatic carbocycles. The number of ether oxygens (including phenoxy) is 2. The average molecular weight is 490 g/mol. The molecule has 1 aliphatic rings. The molecule has 0 fully saturated rings. The van der Waals surface area contributed by atoms with Crippen molar-refractivity contribution in [1.82, 2.24) is 15.4 Å². The van der Waals surface area contributed by atoms with Gasteiger partial charge in [-0.25, -0.2) is 8.42 Å². The molecule has 0 spiro atoms. The highest BCUT2D eigenvalue weighted by molar-refractivity contribution is 7.89. The lowest BCUT2D eigenvalue weighted by molar-refractivity contribution is -0.130. The number of benzene rings is 2. The molecular formula is C24H31N3O6S. The third-order valence-corrected chi connectivity index (χ3v) is 6.76. The Morgan fingerprint density at radius 1 is 0.941 bits per heavy atom. The lowest BCUT2D eigenvalue weighted by atomic mass is 10.0. The van der Waals surface area contributed by atoms with Gasteiger partial charge in [0.1, 0.15) is 12.1 Å². The molecule has 0 aliphatic carbocycles. The zero-order valence-electron chi connectivity index (χ0n) is 19.5. The fourth-order valence-corrected chi connectivity index (χ4v) is 4.70. The average Bonchev–Trinajstić information content (AvgIpc) is 3.06. The lowest BCUT2D eigenvalue weighted by Gasteiger charge is -2.24. The highest BCUT2D eigenvalue weighted by Crippen LogP contribution is 2.32. The summed E-state index contributed by atoms with van der Waals surface area (Å²) in [4.78, 5) is 25.3. The van der Waals surface area contributed by atoms with Crippen molar-refractivity contribution in [3.05, 3.63) is 54.1 Å². The van der Waals surface area contributed by atoms with Crippen LogP contribution in [-0.4, -0.2) is 45.5 Å². The second-order valence-corrected chi connectivity index (χ2v) is 10.1. The molecular weight excluding hydrogens is 458 g/mol. The van der Waals surface area contributed by atoms with Gasteiger partial charge in [0, 0.05) is 19.0 Å². The maximum atomic E-state index is 13.0. The predicted octanol–water partition coefficient (Wildman–Crippen LogP) is 1.97. The zero-order chi connectivity index (χ0) is 24.7. The molecule has 2 amide bonds. The third kappa shape index (κ3) is 6.71. The molecule has 34 heavy (non-hydrogen) atoms. The Labute approximate surface area is 200 Å². The van der Waals surface area contributed by atoms with Crippen LogP contribution in [0, 0.1) is 5.92 Å². The topological polar surface area (TPSA) is 123 Å². The van der Waals surface area contributed by atoms with Crippen LogP contribution in [0.15, 0.2) is 53.4 Å². The minimum absolute atomic E-state index is 0.0381. The predicted molar refractivity (Wildman–Crippen MR) is 127 cm³/mol. The van der Waals surface area contributed by atoms with Crippen molar-refractivity contribution in [3.8, 4) is 11.5 Å². The van der Waals surface area contributed by atoms with E-state index in [0.717, 1.165) is 5.56 Å². The van der Waals surface area contributed by atoms with E-state index in [-0.39, 0.29) is 16.7 Å². The number of hydrogen-bond acceptors (Lipinski definition) is 6. The van der Waals surface area contributed by atoms with Gasteiger partial charge in [-0.1, -0.05) is 44.2 Å². The fourth-order valence-electron chi connectivity index (χ4n) is 3.35. The molecule has 2 aromatic rings. The molecule has 1 heterocycles. The van der Waals surface area contributed by atoms with Crippen molar-refractivity contribution in [2.24, 2.45) is 5.92 Å². The highest BCUT2D eigenvalue weighted by Gasteiger charge is 2.30. The largest absolute Gasteiger partial charge is 0.490 e. The summed E-state index contributed by atoms with van der Waals surface area (Å²) in [5.41, 5.74) is 0.928. The van der Waals surface area contributed by atoms with Gasteiger partial charge >= 0.3 is 0 Å². The molecule has 9 nitrogen and oxygen atoms in total. The first-order valence-corrected chi connectivity index (χ1v) is 12.7. The van der Waals surface area contributed by atoms with Crippen LogP contribution in [0.4, 0.5) is 0 Å². The molecule has 0 radical (unpaired) electrons. The molecule has 184 valence electrons. The van der Waals surface area contributed by atoms with Crippen LogP contribution in [0.3, 0.4) is 0 Å². The summed E-state index contributed by atoms with van der Waals surface area (Å²) in [6.07, 6.45) is 0.696. The van der Waals surface area contributed by atoms with Crippen LogP contribution in [-0.2, 0) is 26.2 Å². The van der Waals surface area contributed by atoms with Gasteiger partial charge in [-0.15, -0.1) is 0 Å². The molecule has 3 rings (SSSR count). The van der Waals surface area contributed by atoms with Crippen LogP contribution in [0.5, 0.6) is 11.5 Å². The van der Waals surface area contributed by atoms with Crippen LogP contribution >= 0.6 is 0 Å². The van der Waals surface area contributed by atoms with Gasteiger partial charge in [0.25, 0.3) is 0 Å². The summed E-state index contributed by atoms with van der Waals surface area (Å²) in [5.74, 6) is -0.505. The summed E-state index contributed by atoms with van der Waals surface area (Å²) < 4.78 is 39.7. The Kier molecular flexibility index (Phi) is 8.51. The van der Waals surface area contributed by atoms with Crippen molar-refractivity contribution in [3.63, 3.8) is 0 Å². The minimum Gasteiger partial charge on any atom is -0.490 e. The molecule has 0 aromatic heterocycles. The number of hydrogen-bond donors (Lipinski definition) is 3. The van der Waals surface area contributed by atoms with E-state index in [1.807, 2.05) is 30.3 Å². The maximum absolute atomic E-state index is 13.0. The van der Waals surface area contributed by atoms with Gasteiger partial charge in [-0.05, 0) is 30.5 Å². The van der Waals surface area contributed by atoms with Crippen LogP contribution < -0.4 is 24.8 Å². The van der Waals surface area contributed by atoms with E-state index in [1.165, 1.54) is 12.1 Å². The van der Waals surface area contributed by atoms with Crippen molar-refractivity contribution >= 4 is 21.8 Å². The first-order chi connectivity index (χ1) is 16.2. The summed E-state index contributed by atoms with van der Waals surface area (Å²) >= 11 is 0. The molecule has 3 N–H and O–H groups in total. The van der Waals surface area contributed by atoms with Crippen molar-refractivity contribution in [2.75, 3.05) is 13.2 Å². The molecule has 2 unspecified atom stereocenters. The maximum Gasteiger partial charge on any atom is 0.242 e. The van der Waals surface area contributed by atoms with Gasteiger partial charge in [0.15, 0.2) is 11.5 Å². The Morgan fingerprint density at radius 3 is 2.29 bits per heavy atom. The van der Waals surface area contributed by atoms with E-state index in [4.69, 9.17) is 9.47 Å². The first-order valence-electron chi connectivity index (χ1n) is 11.2. The summed E-state index contributed by atoms with van der Waals surface area (Å²) in [6.45, 7) is 6.23. The van der Waals surface area contributed by atoms with Gasteiger partial charge in [-0.2, -0.15) is 4.72 Å². The quantitative estimate of drug-likeness (QED) is 0.495. The van der Waals surface area contributed by atoms with E-state index in [1.54, 1.807) is 26.8 Å². The van der Waals surface area contributed by atoms with Crippen molar-refractivity contribution in [2.45, 2.75) is 50.7 Å². The van der Waals surface area contributed by atoms with Gasteiger partial charge < -0.3 is 20.1 Å². The molecule has 0 saturated heterocycles. The smallest absolute Gasteiger partial charge is 0.242 e. The van der Waals surface area contributed by atoms with Crippen molar-refractivity contribution < 1.29 is 27.5 Å². The number of carbonyl (C=O) groups excluding carboxylic acids is 2. The normalized spacial score (nSPS) is 15.2.